The van der Waals surface area contributed by atoms with Crippen molar-refractivity contribution in [1.29, 1.82) is 0 Å². The van der Waals surface area contributed by atoms with Crippen LogP contribution in [0.2, 0.25) is 0 Å². The third-order valence-corrected chi connectivity index (χ3v) is 3.93. The molecule has 0 saturated heterocycles. The summed E-state index contributed by atoms with van der Waals surface area (Å²) in [5, 5.41) is 3.55. The standard InChI is InChI=1S/C17H20BrFN2/c1-3-6-21-17(14-8-15(18)11-20-10-14)9-13-4-5-16(19)7-12(13)2/h4-5,7-8,10-11,17,21H,3,6,9H2,1-2H3. The van der Waals surface area contributed by atoms with Crippen LogP contribution in [0, 0.1) is 12.7 Å². The predicted molar refractivity (Wildman–Crippen MR) is 87.8 cm³/mol. The van der Waals surface area contributed by atoms with Crippen molar-refractivity contribution in [3.8, 4) is 0 Å². The molecule has 1 N–H and O–H groups in total. The van der Waals surface area contributed by atoms with Crippen LogP contribution in [0.25, 0.3) is 0 Å². The number of pyridine rings is 1. The first-order valence-electron chi connectivity index (χ1n) is 7.19. The first-order chi connectivity index (χ1) is 10.1. The minimum Gasteiger partial charge on any atom is -0.310 e. The quantitative estimate of drug-likeness (QED) is 0.824. The zero-order valence-corrected chi connectivity index (χ0v) is 14.0. The third kappa shape index (κ3) is 4.61. The van der Waals surface area contributed by atoms with Crippen LogP contribution >= 0.6 is 15.9 Å². The van der Waals surface area contributed by atoms with Gasteiger partial charge in [0.1, 0.15) is 5.82 Å². The van der Waals surface area contributed by atoms with Crippen LogP contribution in [0.4, 0.5) is 4.39 Å². The molecule has 0 aliphatic carbocycles. The van der Waals surface area contributed by atoms with Crippen LogP contribution < -0.4 is 5.32 Å². The van der Waals surface area contributed by atoms with E-state index in [-0.39, 0.29) is 11.9 Å². The summed E-state index contributed by atoms with van der Waals surface area (Å²) in [6.45, 7) is 5.04. The number of nitrogens with zero attached hydrogens (tertiary/aromatic N) is 1. The maximum absolute atomic E-state index is 13.2. The van der Waals surface area contributed by atoms with Gasteiger partial charge in [0.25, 0.3) is 0 Å². The number of hydrogen-bond acceptors (Lipinski definition) is 2. The van der Waals surface area contributed by atoms with E-state index in [1.807, 2.05) is 19.2 Å². The Bertz CT molecular complexity index is 601. The molecule has 0 radical (unpaired) electrons. The van der Waals surface area contributed by atoms with Gasteiger partial charge in [0.05, 0.1) is 0 Å². The molecule has 0 aliphatic heterocycles. The topological polar surface area (TPSA) is 24.9 Å². The fourth-order valence-electron chi connectivity index (χ4n) is 2.35. The van der Waals surface area contributed by atoms with E-state index in [4.69, 9.17) is 0 Å². The van der Waals surface area contributed by atoms with E-state index < -0.39 is 0 Å². The Kier molecular flexibility index (Phi) is 5.88. The highest BCUT2D eigenvalue weighted by molar-refractivity contribution is 9.10. The lowest BCUT2D eigenvalue weighted by Gasteiger charge is -2.20. The molecule has 0 bridgehead atoms. The zero-order valence-electron chi connectivity index (χ0n) is 12.4. The summed E-state index contributed by atoms with van der Waals surface area (Å²) in [7, 11) is 0. The van der Waals surface area contributed by atoms with Crippen molar-refractivity contribution in [2.24, 2.45) is 0 Å². The fourth-order valence-corrected chi connectivity index (χ4v) is 2.74. The number of aryl methyl sites for hydroxylation is 1. The highest BCUT2D eigenvalue weighted by Gasteiger charge is 2.14. The SMILES string of the molecule is CCCNC(Cc1ccc(F)cc1C)c1cncc(Br)c1. The maximum atomic E-state index is 13.2. The Labute approximate surface area is 133 Å². The Morgan fingerprint density at radius 3 is 2.76 bits per heavy atom. The lowest BCUT2D eigenvalue weighted by molar-refractivity contribution is 0.526. The Balaban J connectivity index is 2.23. The van der Waals surface area contributed by atoms with Crippen molar-refractivity contribution in [2.45, 2.75) is 32.7 Å². The van der Waals surface area contributed by atoms with Gasteiger partial charge in [-0.3, -0.25) is 4.98 Å². The average Bonchev–Trinajstić information content (AvgIpc) is 2.45. The molecule has 1 atom stereocenters. The van der Waals surface area contributed by atoms with E-state index in [1.165, 1.54) is 6.07 Å². The van der Waals surface area contributed by atoms with Gasteiger partial charge in [0.15, 0.2) is 0 Å². The van der Waals surface area contributed by atoms with Crippen LogP contribution in [0.5, 0.6) is 0 Å². The summed E-state index contributed by atoms with van der Waals surface area (Å²) in [4.78, 5) is 4.24. The molecule has 0 fully saturated rings. The van der Waals surface area contributed by atoms with Crippen molar-refractivity contribution in [1.82, 2.24) is 10.3 Å². The molecule has 0 saturated carbocycles. The number of nitrogens with one attached hydrogen (secondary N) is 1. The molecule has 0 spiro atoms. The van der Waals surface area contributed by atoms with Gasteiger partial charge < -0.3 is 5.32 Å². The molecule has 2 rings (SSSR count). The number of benzene rings is 1. The maximum Gasteiger partial charge on any atom is 0.123 e. The van der Waals surface area contributed by atoms with Crippen molar-refractivity contribution < 1.29 is 4.39 Å². The summed E-state index contributed by atoms with van der Waals surface area (Å²) in [5.74, 6) is -0.182. The largest absolute Gasteiger partial charge is 0.310 e. The molecule has 0 aliphatic rings. The number of halogens is 2. The van der Waals surface area contributed by atoms with E-state index in [0.717, 1.165) is 40.5 Å². The molecule has 1 unspecified atom stereocenters. The van der Waals surface area contributed by atoms with Gasteiger partial charge in [-0.25, -0.2) is 4.39 Å². The molecule has 1 heterocycles. The molecule has 2 nitrogen and oxygen atoms in total. The van der Waals surface area contributed by atoms with E-state index in [2.05, 4.69) is 39.2 Å². The van der Waals surface area contributed by atoms with Crippen molar-refractivity contribution in [2.75, 3.05) is 6.54 Å². The van der Waals surface area contributed by atoms with Crippen LogP contribution in [-0.2, 0) is 6.42 Å². The number of hydrogen-bond donors (Lipinski definition) is 1. The van der Waals surface area contributed by atoms with Crippen LogP contribution in [0.15, 0.2) is 41.1 Å². The van der Waals surface area contributed by atoms with Crippen molar-refractivity contribution >= 4 is 15.9 Å². The highest BCUT2D eigenvalue weighted by atomic mass is 79.9. The molecular formula is C17H20BrFN2. The second-order valence-electron chi connectivity index (χ2n) is 5.22. The van der Waals surface area contributed by atoms with Crippen LogP contribution in [0.3, 0.4) is 0 Å². The second kappa shape index (κ2) is 7.66. The summed E-state index contributed by atoms with van der Waals surface area (Å²) < 4.78 is 14.2. The number of rotatable bonds is 6. The van der Waals surface area contributed by atoms with Gasteiger partial charge in [-0.15, -0.1) is 0 Å². The minimum absolute atomic E-state index is 0.180. The lowest BCUT2D eigenvalue weighted by Crippen LogP contribution is -2.24. The van der Waals surface area contributed by atoms with Gasteiger partial charge >= 0.3 is 0 Å². The molecule has 112 valence electrons. The van der Waals surface area contributed by atoms with E-state index >= 15 is 0 Å². The van der Waals surface area contributed by atoms with Crippen molar-refractivity contribution in [3.05, 3.63) is 63.6 Å². The molecule has 1 aromatic carbocycles. The van der Waals surface area contributed by atoms with E-state index in [0.29, 0.717) is 0 Å². The zero-order chi connectivity index (χ0) is 15.2. The van der Waals surface area contributed by atoms with Crippen LogP contribution in [-0.4, -0.2) is 11.5 Å². The predicted octanol–water partition coefficient (Wildman–Crippen LogP) is 4.58. The van der Waals surface area contributed by atoms with Gasteiger partial charge in [0.2, 0.25) is 0 Å². The third-order valence-electron chi connectivity index (χ3n) is 3.50. The van der Waals surface area contributed by atoms with Gasteiger partial charge in [-0.05, 0) is 77.1 Å². The smallest absolute Gasteiger partial charge is 0.123 e. The molecule has 2 aromatic rings. The summed E-state index contributed by atoms with van der Waals surface area (Å²) in [5.41, 5.74) is 3.28. The Morgan fingerprint density at radius 1 is 1.29 bits per heavy atom. The molecular weight excluding hydrogens is 331 g/mol. The highest BCUT2D eigenvalue weighted by Crippen LogP contribution is 2.23. The average molecular weight is 351 g/mol. The molecule has 21 heavy (non-hydrogen) atoms. The van der Waals surface area contributed by atoms with Gasteiger partial charge in [0, 0.05) is 22.9 Å². The first-order valence-corrected chi connectivity index (χ1v) is 7.98. The van der Waals surface area contributed by atoms with Gasteiger partial charge in [-0.1, -0.05) is 13.0 Å². The van der Waals surface area contributed by atoms with Gasteiger partial charge in [-0.2, -0.15) is 0 Å². The molecule has 0 amide bonds. The van der Waals surface area contributed by atoms with E-state index in [1.54, 1.807) is 12.3 Å². The van der Waals surface area contributed by atoms with Crippen molar-refractivity contribution in [3.63, 3.8) is 0 Å². The lowest BCUT2D eigenvalue weighted by atomic mass is 9.97. The Morgan fingerprint density at radius 2 is 2.10 bits per heavy atom. The monoisotopic (exact) mass is 350 g/mol. The summed E-state index contributed by atoms with van der Waals surface area (Å²) >= 11 is 3.47. The Hall–Kier alpha value is -1.26. The first kappa shape index (κ1) is 16.1. The fraction of sp³-hybridized carbons (Fsp3) is 0.353. The normalized spacial score (nSPS) is 12.4. The number of aromatic nitrogens is 1. The summed E-state index contributed by atoms with van der Waals surface area (Å²) in [6.07, 6.45) is 5.56. The molecule has 4 heteroatoms. The minimum atomic E-state index is -0.182. The molecule has 1 aromatic heterocycles. The summed E-state index contributed by atoms with van der Waals surface area (Å²) in [6, 6.07) is 7.25. The van der Waals surface area contributed by atoms with E-state index in [9.17, 15) is 4.39 Å². The van der Waals surface area contributed by atoms with Crippen LogP contribution in [0.1, 0.15) is 36.1 Å². The second-order valence-corrected chi connectivity index (χ2v) is 6.13.